The summed E-state index contributed by atoms with van der Waals surface area (Å²) in [6.45, 7) is 9.19. The van der Waals surface area contributed by atoms with Crippen LogP contribution in [0.25, 0.3) is 0 Å². The number of aromatic nitrogens is 1. The van der Waals surface area contributed by atoms with E-state index in [4.69, 9.17) is 4.74 Å². The molecule has 0 atom stereocenters. The molecule has 0 aromatic carbocycles. The quantitative estimate of drug-likeness (QED) is 0.847. The molecular formula is C14H24N4O. The maximum Gasteiger partial charge on any atom is 0.217 e. The van der Waals surface area contributed by atoms with Crippen LogP contribution in [-0.4, -0.2) is 44.8 Å². The van der Waals surface area contributed by atoms with Gasteiger partial charge in [0.2, 0.25) is 5.88 Å². The molecule has 2 N–H and O–H groups in total. The van der Waals surface area contributed by atoms with Crippen LogP contribution in [0.3, 0.4) is 0 Å². The van der Waals surface area contributed by atoms with Gasteiger partial charge in [-0.3, -0.25) is 0 Å². The second-order valence-corrected chi connectivity index (χ2v) is 4.42. The van der Waals surface area contributed by atoms with Gasteiger partial charge in [-0.1, -0.05) is 13.8 Å². The second kappa shape index (κ2) is 6.61. The van der Waals surface area contributed by atoms with Gasteiger partial charge < -0.3 is 20.3 Å². The van der Waals surface area contributed by atoms with E-state index in [1.54, 1.807) is 7.11 Å². The van der Waals surface area contributed by atoms with Crippen molar-refractivity contribution in [1.29, 1.82) is 0 Å². The number of piperazine rings is 1. The zero-order valence-electron chi connectivity index (χ0n) is 12.1. The number of nitrogens with zero attached hydrogens (tertiary/aromatic N) is 2. The predicted molar refractivity (Wildman–Crippen MR) is 79.4 cm³/mol. The number of hydrogen-bond acceptors (Lipinski definition) is 5. The Hall–Kier alpha value is -1.49. The summed E-state index contributed by atoms with van der Waals surface area (Å²) < 4.78 is 5.28. The van der Waals surface area contributed by atoms with Gasteiger partial charge in [-0.05, 0) is 6.42 Å². The molecule has 2 aliphatic heterocycles. The molecule has 3 rings (SSSR count). The molecule has 106 valence electrons. The highest BCUT2D eigenvalue weighted by atomic mass is 16.5. The van der Waals surface area contributed by atoms with Gasteiger partial charge in [-0.2, -0.15) is 4.98 Å². The predicted octanol–water partition coefficient (Wildman–Crippen LogP) is 1.49. The summed E-state index contributed by atoms with van der Waals surface area (Å²) in [4.78, 5) is 6.87. The minimum Gasteiger partial charge on any atom is -0.481 e. The first-order valence-corrected chi connectivity index (χ1v) is 7.16. The van der Waals surface area contributed by atoms with E-state index in [9.17, 15) is 0 Å². The van der Waals surface area contributed by atoms with E-state index in [2.05, 4.69) is 26.6 Å². The fraction of sp³-hybridized carbons (Fsp3) is 0.643. The Labute approximate surface area is 115 Å². The number of rotatable bonds is 2. The van der Waals surface area contributed by atoms with Crippen molar-refractivity contribution in [2.75, 3.05) is 50.1 Å². The highest BCUT2D eigenvalue weighted by Crippen LogP contribution is 2.33. The van der Waals surface area contributed by atoms with Gasteiger partial charge in [0, 0.05) is 50.0 Å². The molecule has 1 fully saturated rings. The number of hydrogen-bond donors (Lipinski definition) is 2. The second-order valence-electron chi connectivity index (χ2n) is 4.42. The normalized spacial score (nSPS) is 17.1. The fourth-order valence-corrected chi connectivity index (χ4v) is 2.53. The van der Waals surface area contributed by atoms with Gasteiger partial charge in [0.15, 0.2) is 0 Å². The molecule has 0 bridgehead atoms. The third-order valence-corrected chi connectivity index (χ3v) is 3.41. The lowest BCUT2D eigenvalue weighted by Crippen LogP contribution is -2.43. The zero-order valence-corrected chi connectivity index (χ0v) is 12.1. The monoisotopic (exact) mass is 264 g/mol. The van der Waals surface area contributed by atoms with Crippen molar-refractivity contribution in [2.24, 2.45) is 0 Å². The van der Waals surface area contributed by atoms with Crippen molar-refractivity contribution in [3.05, 3.63) is 11.6 Å². The van der Waals surface area contributed by atoms with Crippen LogP contribution < -0.4 is 20.3 Å². The molecule has 0 spiro atoms. The smallest absolute Gasteiger partial charge is 0.217 e. The Balaban J connectivity index is 0.000000637. The van der Waals surface area contributed by atoms with Gasteiger partial charge in [0.25, 0.3) is 0 Å². The highest BCUT2D eigenvalue weighted by molar-refractivity contribution is 5.68. The molecule has 1 saturated heterocycles. The Bertz CT molecular complexity index is 416. The minimum atomic E-state index is 0.701. The van der Waals surface area contributed by atoms with Crippen molar-refractivity contribution >= 4 is 11.5 Å². The van der Waals surface area contributed by atoms with Crippen molar-refractivity contribution in [3.8, 4) is 5.88 Å². The SMILES string of the molecule is CC.COc1cc(N2CCNCC2)c2c(n1)NCC2. The van der Waals surface area contributed by atoms with Crippen LogP contribution in [0.5, 0.6) is 5.88 Å². The third-order valence-electron chi connectivity index (χ3n) is 3.41. The van der Waals surface area contributed by atoms with Gasteiger partial charge in [0.05, 0.1) is 7.11 Å². The molecule has 0 unspecified atom stereocenters. The molecule has 19 heavy (non-hydrogen) atoms. The number of anilines is 2. The lowest BCUT2D eigenvalue weighted by atomic mass is 10.1. The zero-order chi connectivity index (χ0) is 13.7. The van der Waals surface area contributed by atoms with E-state index in [-0.39, 0.29) is 0 Å². The Kier molecular flexibility index (Phi) is 4.85. The van der Waals surface area contributed by atoms with Gasteiger partial charge in [-0.25, -0.2) is 0 Å². The Morgan fingerprint density at radius 3 is 2.63 bits per heavy atom. The average molecular weight is 264 g/mol. The summed E-state index contributed by atoms with van der Waals surface area (Å²) in [5.41, 5.74) is 2.63. The maximum atomic E-state index is 5.28. The number of fused-ring (bicyclic) bond motifs is 1. The van der Waals surface area contributed by atoms with E-state index in [0.717, 1.165) is 45.0 Å². The summed E-state index contributed by atoms with van der Waals surface area (Å²) in [5.74, 6) is 1.70. The van der Waals surface area contributed by atoms with Crippen LogP contribution in [0.1, 0.15) is 19.4 Å². The summed E-state index contributed by atoms with van der Waals surface area (Å²) in [7, 11) is 1.67. The van der Waals surface area contributed by atoms with E-state index >= 15 is 0 Å². The van der Waals surface area contributed by atoms with Crippen molar-refractivity contribution in [3.63, 3.8) is 0 Å². The van der Waals surface area contributed by atoms with Gasteiger partial charge in [-0.15, -0.1) is 0 Å². The van der Waals surface area contributed by atoms with Crippen LogP contribution >= 0.6 is 0 Å². The van der Waals surface area contributed by atoms with Crippen LogP contribution in [0, 0.1) is 0 Å². The first kappa shape index (κ1) is 13.9. The molecule has 0 saturated carbocycles. The Morgan fingerprint density at radius 1 is 1.21 bits per heavy atom. The van der Waals surface area contributed by atoms with Crippen molar-refractivity contribution in [1.82, 2.24) is 10.3 Å². The van der Waals surface area contributed by atoms with Crippen LogP contribution in [0.15, 0.2) is 6.07 Å². The maximum absolute atomic E-state index is 5.28. The highest BCUT2D eigenvalue weighted by Gasteiger charge is 2.22. The standard InChI is InChI=1S/C12H18N4O.C2H6/c1-17-11-8-10(16-6-4-13-5-7-16)9-2-3-14-12(9)15-11;1-2/h8,13H,2-7H2,1H3,(H,14,15);1-2H3. The van der Waals surface area contributed by atoms with E-state index in [1.165, 1.54) is 11.3 Å². The van der Waals surface area contributed by atoms with Crippen LogP contribution in [-0.2, 0) is 6.42 Å². The molecule has 1 aromatic rings. The first-order valence-electron chi connectivity index (χ1n) is 7.16. The summed E-state index contributed by atoms with van der Waals surface area (Å²) in [5, 5.41) is 6.70. The fourth-order valence-electron chi connectivity index (χ4n) is 2.53. The van der Waals surface area contributed by atoms with Gasteiger partial charge in [0.1, 0.15) is 5.82 Å². The molecule has 5 nitrogen and oxygen atoms in total. The molecule has 0 radical (unpaired) electrons. The molecule has 2 aliphatic rings. The molecular weight excluding hydrogens is 240 g/mol. The van der Waals surface area contributed by atoms with Crippen molar-refractivity contribution < 1.29 is 4.74 Å². The molecule has 1 aromatic heterocycles. The number of ether oxygens (including phenoxy) is 1. The van der Waals surface area contributed by atoms with E-state index < -0.39 is 0 Å². The number of nitrogens with one attached hydrogen (secondary N) is 2. The first-order chi connectivity index (χ1) is 9.38. The molecule has 0 amide bonds. The lowest BCUT2D eigenvalue weighted by molar-refractivity contribution is 0.398. The van der Waals surface area contributed by atoms with Crippen LogP contribution in [0.4, 0.5) is 11.5 Å². The largest absolute Gasteiger partial charge is 0.481 e. The van der Waals surface area contributed by atoms with E-state index in [0.29, 0.717) is 5.88 Å². The average Bonchev–Trinajstić information content (AvgIpc) is 2.97. The summed E-state index contributed by atoms with van der Waals surface area (Å²) in [6, 6.07) is 2.07. The Morgan fingerprint density at radius 2 is 1.95 bits per heavy atom. The van der Waals surface area contributed by atoms with Crippen molar-refractivity contribution in [2.45, 2.75) is 20.3 Å². The molecule has 3 heterocycles. The number of pyridine rings is 1. The summed E-state index contributed by atoms with van der Waals surface area (Å²) in [6.07, 6.45) is 1.06. The van der Waals surface area contributed by atoms with Gasteiger partial charge >= 0.3 is 0 Å². The third kappa shape index (κ3) is 2.92. The topological polar surface area (TPSA) is 49.4 Å². The minimum absolute atomic E-state index is 0.701. The van der Waals surface area contributed by atoms with E-state index in [1.807, 2.05) is 13.8 Å². The molecule has 0 aliphatic carbocycles. The lowest BCUT2D eigenvalue weighted by Gasteiger charge is -2.31. The molecule has 5 heteroatoms. The van der Waals surface area contributed by atoms with Crippen LogP contribution in [0.2, 0.25) is 0 Å². The summed E-state index contributed by atoms with van der Waals surface area (Å²) >= 11 is 0. The number of methoxy groups -OCH3 is 1.